The Balaban J connectivity index is 1.62. The molecule has 1 aliphatic heterocycles. The summed E-state index contributed by atoms with van der Waals surface area (Å²) in [7, 11) is 0. The minimum absolute atomic E-state index is 0.0684. The molecule has 1 amide bonds. The van der Waals surface area contributed by atoms with Gasteiger partial charge in [0.2, 0.25) is 5.91 Å². The Morgan fingerprint density at radius 2 is 1.92 bits per heavy atom. The van der Waals surface area contributed by atoms with E-state index < -0.39 is 0 Å². The van der Waals surface area contributed by atoms with Gasteiger partial charge in [-0.25, -0.2) is 4.98 Å². The number of aryl methyl sites for hydroxylation is 1. The van der Waals surface area contributed by atoms with Gasteiger partial charge in [-0.3, -0.25) is 14.2 Å². The van der Waals surface area contributed by atoms with Gasteiger partial charge >= 0.3 is 0 Å². The van der Waals surface area contributed by atoms with E-state index in [9.17, 15) is 9.59 Å². The number of hydrogen-bond donors (Lipinski definition) is 0. The van der Waals surface area contributed by atoms with Crippen LogP contribution < -0.4 is 5.56 Å². The normalized spacial score (nSPS) is 23.5. The molecule has 4 rings (SSSR count). The van der Waals surface area contributed by atoms with Crippen LogP contribution in [0.25, 0.3) is 10.9 Å². The Morgan fingerprint density at radius 3 is 2.80 bits per heavy atom. The standard InChI is InChI=1S/C20H25N3O2/c1-14-21-17-10-4-3-9-16(17)20(25)23(14)13-19(24)22-12-6-8-15-7-2-5-11-18(15)22/h3-4,9-10,15,18H,2,5-8,11-13H2,1H3/t15-,18+/m0/s1. The van der Waals surface area contributed by atoms with E-state index >= 15 is 0 Å². The zero-order valence-corrected chi connectivity index (χ0v) is 14.8. The van der Waals surface area contributed by atoms with Crippen molar-refractivity contribution in [3.8, 4) is 0 Å². The highest BCUT2D eigenvalue weighted by atomic mass is 16.2. The van der Waals surface area contributed by atoms with Crippen LogP contribution in [0.1, 0.15) is 44.3 Å². The van der Waals surface area contributed by atoms with Crippen molar-refractivity contribution in [3.05, 3.63) is 40.4 Å². The van der Waals surface area contributed by atoms with Crippen molar-refractivity contribution >= 4 is 16.8 Å². The molecule has 1 aliphatic carbocycles. The van der Waals surface area contributed by atoms with Gasteiger partial charge in [0.1, 0.15) is 12.4 Å². The van der Waals surface area contributed by atoms with Gasteiger partial charge in [-0.2, -0.15) is 0 Å². The highest BCUT2D eigenvalue weighted by molar-refractivity contribution is 5.79. The summed E-state index contributed by atoms with van der Waals surface area (Å²) in [6, 6.07) is 7.71. The van der Waals surface area contributed by atoms with Crippen LogP contribution in [0.5, 0.6) is 0 Å². The van der Waals surface area contributed by atoms with Crippen LogP contribution in [-0.2, 0) is 11.3 Å². The molecule has 0 bridgehead atoms. The van der Waals surface area contributed by atoms with E-state index in [4.69, 9.17) is 0 Å². The van der Waals surface area contributed by atoms with Crippen molar-refractivity contribution in [2.24, 2.45) is 5.92 Å². The molecule has 2 atom stereocenters. The van der Waals surface area contributed by atoms with Gasteiger partial charge in [0, 0.05) is 12.6 Å². The molecule has 0 radical (unpaired) electrons. The number of aromatic nitrogens is 2. The zero-order chi connectivity index (χ0) is 17.4. The minimum atomic E-state index is -0.117. The van der Waals surface area contributed by atoms with E-state index in [0.29, 0.717) is 28.7 Å². The fourth-order valence-electron chi connectivity index (χ4n) is 4.63. The number of likely N-dealkylation sites (tertiary alicyclic amines) is 1. The molecule has 0 N–H and O–H groups in total. The van der Waals surface area contributed by atoms with Crippen molar-refractivity contribution in [1.82, 2.24) is 14.5 Å². The predicted octanol–water partition coefficient (Wildman–Crippen LogP) is 2.89. The lowest BCUT2D eigenvalue weighted by atomic mass is 9.78. The second-order valence-corrected chi connectivity index (χ2v) is 7.41. The van der Waals surface area contributed by atoms with E-state index in [1.54, 1.807) is 13.0 Å². The van der Waals surface area contributed by atoms with Gasteiger partial charge in [0.25, 0.3) is 5.56 Å². The average molecular weight is 339 g/mol. The van der Waals surface area contributed by atoms with Crippen LogP contribution in [0, 0.1) is 12.8 Å². The van der Waals surface area contributed by atoms with Gasteiger partial charge in [0.15, 0.2) is 0 Å². The van der Waals surface area contributed by atoms with Crippen LogP contribution in [-0.4, -0.2) is 32.9 Å². The summed E-state index contributed by atoms with van der Waals surface area (Å²) in [5, 5.41) is 0.579. The van der Waals surface area contributed by atoms with Crippen molar-refractivity contribution < 1.29 is 4.79 Å². The van der Waals surface area contributed by atoms with E-state index in [2.05, 4.69) is 4.98 Å². The number of benzene rings is 1. The highest BCUT2D eigenvalue weighted by Crippen LogP contribution is 2.35. The quantitative estimate of drug-likeness (QED) is 0.845. The maximum absolute atomic E-state index is 13.0. The van der Waals surface area contributed by atoms with Gasteiger partial charge in [-0.15, -0.1) is 0 Å². The Morgan fingerprint density at radius 1 is 1.16 bits per heavy atom. The van der Waals surface area contributed by atoms with Gasteiger partial charge in [-0.1, -0.05) is 25.0 Å². The highest BCUT2D eigenvalue weighted by Gasteiger charge is 2.35. The molecule has 2 fully saturated rings. The molecule has 1 saturated carbocycles. The molecule has 0 unspecified atom stereocenters. The summed E-state index contributed by atoms with van der Waals surface area (Å²) >= 11 is 0. The molecule has 1 saturated heterocycles. The average Bonchev–Trinajstić information content (AvgIpc) is 2.64. The lowest BCUT2D eigenvalue weighted by molar-refractivity contribution is -0.138. The molecule has 132 valence electrons. The monoisotopic (exact) mass is 339 g/mol. The van der Waals surface area contributed by atoms with Crippen LogP contribution in [0.2, 0.25) is 0 Å². The van der Waals surface area contributed by atoms with Gasteiger partial charge in [0.05, 0.1) is 10.9 Å². The summed E-state index contributed by atoms with van der Waals surface area (Å²) in [6.07, 6.45) is 7.17. The topological polar surface area (TPSA) is 55.2 Å². The van der Waals surface area contributed by atoms with Crippen molar-refractivity contribution in [3.63, 3.8) is 0 Å². The molecular weight excluding hydrogens is 314 g/mol. The molecule has 2 aromatic rings. The molecule has 2 aliphatic rings. The molecule has 1 aromatic carbocycles. The summed E-state index contributed by atoms with van der Waals surface area (Å²) in [4.78, 5) is 32.4. The number of hydrogen-bond acceptors (Lipinski definition) is 3. The maximum atomic E-state index is 13.0. The first kappa shape index (κ1) is 16.3. The van der Waals surface area contributed by atoms with Crippen LogP contribution in [0.3, 0.4) is 0 Å². The number of piperidine rings is 1. The minimum Gasteiger partial charge on any atom is -0.338 e. The first-order chi connectivity index (χ1) is 12.1. The smallest absolute Gasteiger partial charge is 0.261 e. The number of rotatable bonds is 2. The Hall–Kier alpha value is -2.17. The van der Waals surface area contributed by atoms with Crippen molar-refractivity contribution in [2.75, 3.05) is 6.54 Å². The molecular formula is C20H25N3O2. The fourth-order valence-corrected chi connectivity index (χ4v) is 4.63. The summed E-state index contributed by atoms with van der Waals surface area (Å²) < 4.78 is 1.54. The molecule has 5 heteroatoms. The van der Waals surface area contributed by atoms with Crippen LogP contribution in [0.15, 0.2) is 29.1 Å². The van der Waals surface area contributed by atoms with E-state index in [-0.39, 0.29) is 18.0 Å². The van der Waals surface area contributed by atoms with Gasteiger partial charge in [-0.05, 0) is 50.7 Å². The number of fused-ring (bicyclic) bond motifs is 2. The van der Waals surface area contributed by atoms with Gasteiger partial charge < -0.3 is 4.90 Å². The first-order valence-electron chi connectivity index (χ1n) is 9.41. The zero-order valence-electron chi connectivity index (χ0n) is 14.8. The van der Waals surface area contributed by atoms with E-state index in [1.165, 1.54) is 30.3 Å². The Labute approximate surface area is 147 Å². The largest absolute Gasteiger partial charge is 0.338 e. The van der Waals surface area contributed by atoms with E-state index in [0.717, 1.165) is 19.4 Å². The molecule has 25 heavy (non-hydrogen) atoms. The molecule has 0 spiro atoms. The number of nitrogens with zero attached hydrogens (tertiary/aromatic N) is 3. The maximum Gasteiger partial charge on any atom is 0.261 e. The fraction of sp³-hybridized carbons (Fsp3) is 0.550. The van der Waals surface area contributed by atoms with Crippen LogP contribution >= 0.6 is 0 Å². The summed E-state index contributed by atoms with van der Waals surface area (Å²) in [5.74, 6) is 1.33. The van der Waals surface area contributed by atoms with Crippen molar-refractivity contribution in [1.29, 1.82) is 0 Å². The predicted molar refractivity (Wildman–Crippen MR) is 97.4 cm³/mol. The first-order valence-corrected chi connectivity index (χ1v) is 9.41. The van der Waals surface area contributed by atoms with E-state index in [1.807, 2.05) is 23.1 Å². The lowest BCUT2D eigenvalue weighted by Gasteiger charge is -2.44. The number of amides is 1. The second kappa shape index (κ2) is 6.62. The third kappa shape index (κ3) is 2.96. The SMILES string of the molecule is Cc1nc2ccccc2c(=O)n1CC(=O)N1CCC[C@@H]2CCCC[C@H]21. The molecule has 1 aromatic heterocycles. The van der Waals surface area contributed by atoms with Crippen LogP contribution in [0.4, 0.5) is 0 Å². The number of carbonyl (C=O) groups is 1. The number of carbonyl (C=O) groups excluding carboxylic acids is 1. The third-order valence-corrected chi connectivity index (χ3v) is 5.91. The summed E-state index contributed by atoms with van der Waals surface area (Å²) in [5.41, 5.74) is 0.577. The van der Waals surface area contributed by atoms with Crippen molar-refractivity contribution in [2.45, 2.75) is 58.0 Å². The Bertz CT molecular complexity index is 856. The second-order valence-electron chi connectivity index (χ2n) is 7.41. The molecule has 5 nitrogen and oxygen atoms in total. The number of para-hydroxylation sites is 1. The Kier molecular flexibility index (Phi) is 4.32. The lowest BCUT2D eigenvalue weighted by Crippen LogP contribution is -2.51. The molecule has 2 heterocycles. The summed E-state index contributed by atoms with van der Waals surface area (Å²) in [6.45, 7) is 2.74. The third-order valence-electron chi connectivity index (χ3n) is 5.91.